The molecule has 0 bridgehead atoms. The number of hydrogen-bond acceptors (Lipinski definition) is 6. The molecule has 0 radical (unpaired) electrons. The molecule has 2 fully saturated rings. The molecular weight excluding hydrogens is 320 g/mol. The number of aromatic nitrogens is 3. The molecule has 3 heterocycles. The van der Waals surface area contributed by atoms with Gasteiger partial charge in [0.25, 0.3) is 0 Å². The molecule has 2 aromatic rings. The average Bonchev–Trinajstić information content (AvgIpc) is 3.23. The number of pyridine rings is 1. The van der Waals surface area contributed by atoms with E-state index in [-0.39, 0.29) is 18.3 Å². The Morgan fingerprint density at radius 1 is 1.44 bits per heavy atom. The number of aliphatic hydroxyl groups excluding tert-OH is 1. The fourth-order valence-corrected chi connectivity index (χ4v) is 4.54. The van der Waals surface area contributed by atoms with Gasteiger partial charge in [-0.3, -0.25) is 10.00 Å². The molecule has 3 atom stereocenters. The first-order valence-corrected chi connectivity index (χ1v) is 9.05. The Bertz CT molecular complexity index is 721. The lowest BCUT2D eigenvalue weighted by atomic mass is 9.79. The van der Waals surface area contributed by atoms with Crippen molar-refractivity contribution in [2.75, 3.05) is 26.9 Å². The topological polar surface area (TPSA) is 83.5 Å². The highest BCUT2D eigenvalue weighted by atomic mass is 16.5. The van der Waals surface area contributed by atoms with E-state index in [9.17, 15) is 0 Å². The van der Waals surface area contributed by atoms with Gasteiger partial charge in [-0.15, -0.1) is 0 Å². The molecule has 1 aliphatic heterocycles. The monoisotopic (exact) mass is 346 g/mol. The van der Waals surface area contributed by atoms with Crippen molar-refractivity contribution in [1.82, 2.24) is 20.1 Å². The summed E-state index contributed by atoms with van der Waals surface area (Å²) in [6.07, 6.45) is 5.95. The number of aromatic amines is 1. The zero-order valence-electron chi connectivity index (χ0n) is 14.6. The van der Waals surface area contributed by atoms with Crippen LogP contribution in [0.25, 0.3) is 11.0 Å². The first-order chi connectivity index (χ1) is 12.3. The van der Waals surface area contributed by atoms with Gasteiger partial charge in [-0.2, -0.15) is 5.10 Å². The zero-order chi connectivity index (χ0) is 17.3. The van der Waals surface area contributed by atoms with Crippen molar-refractivity contribution in [1.29, 1.82) is 0 Å². The summed E-state index contributed by atoms with van der Waals surface area (Å²) in [5.41, 5.74) is 1.79. The largest absolute Gasteiger partial charge is 0.394 e. The van der Waals surface area contributed by atoms with Gasteiger partial charge in [-0.25, -0.2) is 4.98 Å². The lowest BCUT2D eigenvalue weighted by molar-refractivity contribution is -0.104. The number of aliphatic hydroxyl groups is 1. The molecule has 7 nitrogen and oxygen atoms in total. The smallest absolute Gasteiger partial charge is 0.181 e. The van der Waals surface area contributed by atoms with Crippen molar-refractivity contribution < 1.29 is 14.6 Å². The Kier molecular flexibility index (Phi) is 4.73. The van der Waals surface area contributed by atoms with Crippen molar-refractivity contribution >= 4 is 11.0 Å². The highest BCUT2D eigenvalue weighted by Gasteiger charge is 2.51. The average molecular weight is 346 g/mol. The van der Waals surface area contributed by atoms with E-state index in [1.807, 2.05) is 13.2 Å². The Morgan fingerprint density at radius 3 is 3.20 bits per heavy atom. The molecule has 7 heteroatoms. The van der Waals surface area contributed by atoms with Crippen LogP contribution in [0.5, 0.6) is 0 Å². The molecule has 2 aliphatic rings. The Labute approximate surface area is 147 Å². The van der Waals surface area contributed by atoms with Crippen molar-refractivity contribution in [2.45, 2.75) is 50.0 Å². The third kappa shape index (κ3) is 3.06. The molecule has 1 aliphatic carbocycles. The second kappa shape index (κ2) is 6.99. The summed E-state index contributed by atoms with van der Waals surface area (Å²) in [5.74, 6) is 0. The van der Waals surface area contributed by atoms with Crippen molar-refractivity contribution in [3.8, 4) is 0 Å². The lowest BCUT2D eigenvalue weighted by Gasteiger charge is -2.43. The SMILES string of the molecule is CO[C@@]12CC[C@@H](OCCO)C[C@@H]1N(Cc1[nH]nc3ncccc13)CC2. The number of nitrogens with one attached hydrogen (secondary N) is 1. The Hall–Kier alpha value is -1.54. The third-order valence-electron chi connectivity index (χ3n) is 5.87. The molecule has 0 aromatic carbocycles. The number of fused-ring (bicyclic) bond motifs is 2. The van der Waals surface area contributed by atoms with Crippen LogP contribution in [0.15, 0.2) is 18.3 Å². The van der Waals surface area contributed by atoms with Crippen molar-refractivity contribution in [3.05, 3.63) is 24.0 Å². The summed E-state index contributed by atoms with van der Waals surface area (Å²) in [4.78, 5) is 6.79. The lowest BCUT2D eigenvalue weighted by Crippen LogP contribution is -2.51. The summed E-state index contributed by atoms with van der Waals surface area (Å²) in [6.45, 7) is 2.30. The van der Waals surface area contributed by atoms with E-state index in [1.54, 1.807) is 6.20 Å². The van der Waals surface area contributed by atoms with Gasteiger partial charge in [-0.05, 0) is 37.8 Å². The van der Waals surface area contributed by atoms with Crippen LogP contribution < -0.4 is 0 Å². The zero-order valence-corrected chi connectivity index (χ0v) is 14.6. The van der Waals surface area contributed by atoms with Crippen LogP contribution in [0.4, 0.5) is 0 Å². The van der Waals surface area contributed by atoms with Crippen LogP contribution in [0.3, 0.4) is 0 Å². The predicted octanol–water partition coefficient (Wildman–Crippen LogP) is 1.48. The van der Waals surface area contributed by atoms with E-state index < -0.39 is 0 Å². The van der Waals surface area contributed by atoms with E-state index >= 15 is 0 Å². The fraction of sp³-hybridized carbons (Fsp3) is 0.667. The number of nitrogens with zero attached hydrogens (tertiary/aromatic N) is 3. The van der Waals surface area contributed by atoms with Gasteiger partial charge in [0.2, 0.25) is 0 Å². The minimum absolute atomic E-state index is 0.0762. The van der Waals surface area contributed by atoms with Gasteiger partial charge in [0.05, 0.1) is 30.6 Å². The molecule has 136 valence electrons. The van der Waals surface area contributed by atoms with Crippen LogP contribution in [-0.4, -0.2) is 69.8 Å². The molecule has 4 rings (SSSR count). The summed E-state index contributed by atoms with van der Waals surface area (Å²) in [5, 5.41) is 17.6. The van der Waals surface area contributed by atoms with Crippen molar-refractivity contribution in [3.63, 3.8) is 0 Å². The van der Waals surface area contributed by atoms with Gasteiger partial charge >= 0.3 is 0 Å². The summed E-state index contributed by atoms with van der Waals surface area (Å²) in [7, 11) is 1.83. The number of methoxy groups -OCH3 is 1. The van der Waals surface area contributed by atoms with Gasteiger partial charge < -0.3 is 14.6 Å². The van der Waals surface area contributed by atoms with Crippen LogP contribution in [0.1, 0.15) is 31.4 Å². The van der Waals surface area contributed by atoms with Gasteiger partial charge in [0, 0.05) is 37.8 Å². The molecule has 25 heavy (non-hydrogen) atoms. The van der Waals surface area contributed by atoms with E-state index in [0.717, 1.165) is 55.5 Å². The predicted molar refractivity (Wildman–Crippen MR) is 93.1 cm³/mol. The minimum atomic E-state index is -0.0762. The standard InChI is InChI=1S/C18H26N4O3/c1-24-18-5-4-13(25-10-9-23)11-16(18)22(8-6-18)12-15-14-3-2-7-19-17(14)21-20-15/h2-3,7,13,16,23H,4-6,8-12H2,1H3,(H,19,20,21)/t13-,16+,18-/m1/s1. The number of hydrogen-bond donors (Lipinski definition) is 2. The quantitative estimate of drug-likeness (QED) is 0.824. The van der Waals surface area contributed by atoms with E-state index in [4.69, 9.17) is 14.6 Å². The summed E-state index contributed by atoms with van der Waals surface area (Å²) >= 11 is 0. The van der Waals surface area contributed by atoms with Gasteiger partial charge in [0.15, 0.2) is 5.65 Å². The number of H-pyrrole nitrogens is 1. The summed E-state index contributed by atoms with van der Waals surface area (Å²) < 4.78 is 11.8. The molecule has 0 unspecified atom stereocenters. The Morgan fingerprint density at radius 2 is 2.36 bits per heavy atom. The maximum absolute atomic E-state index is 9.03. The molecule has 2 aromatic heterocycles. The van der Waals surface area contributed by atoms with Gasteiger partial charge in [-0.1, -0.05) is 0 Å². The summed E-state index contributed by atoms with van der Waals surface area (Å²) in [6, 6.07) is 4.34. The Balaban J connectivity index is 1.53. The highest BCUT2D eigenvalue weighted by molar-refractivity contribution is 5.77. The van der Waals surface area contributed by atoms with E-state index in [2.05, 4.69) is 26.1 Å². The molecule has 0 amide bonds. The van der Waals surface area contributed by atoms with E-state index in [1.165, 1.54) is 0 Å². The normalized spacial score (nSPS) is 30.0. The van der Waals surface area contributed by atoms with Crippen LogP contribution >= 0.6 is 0 Å². The van der Waals surface area contributed by atoms with Gasteiger partial charge in [0.1, 0.15) is 0 Å². The van der Waals surface area contributed by atoms with E-state index in [0.29, 0.717) is 12.6 Å². The molecule has 1 saturated carbocycles. The maximum Gasteiger partial charge on any atom is 0.181 e. The fourth-order valence-electron chi connectivity index (χ4n) is 4.54. The number of rotatable bonds is 6. The van der Waals surface area contributed by atoms with Crippen LogP contribution in [-0.2, 0) is 16.0 Å². The minimum Gasteiger partial charge on any atom is -0.394 e. The molecule has 2 N–H and O–H groups in total. The highest BCUT2D eigenvalue weighted by Crippen LogP contribution is 2.43. The van der Waals surface area contributed by atoms with Crippen LogP contribution in [0.2, 0.25) is 0 Å². The second-order valence-corrected chi connectivity index (χ2v) is 7.07. The molecule has 0 spiro atoms. The third-order valence-corrected chi connectivity index (χ3v) is 5.87. The first kappa shape index (κ1) is 16.9. The maximum atomic E-state index is 9.03. The first-order valence-electron chi connectivity index (χ1n) is 9.05. The number of ether oxygens (including phenoxy) is 2. The second-order valence-electron chi connectivity index (χ2n) is 7.07. The molecule has 1 saturated heterocycles. The van der Waals surface area contributed by atoms with Crippen molar-refractivity contribution in [2.24, 2.45) is 0 Å². The van der Waals surface area contributed by atoms with Crippen LogP contribution in [0, 0.1) is 0 Å². The number of likely N-dealkylation sites (tertiary alicyclic amines) is 1. The molecular formula is C18H26N4O3.